The maximum absolute atomic E-state index is 14.6. The smallest absolute Gasteiger partial charge is 0.388 e. The van der Waals surface area contributed by atoms with Gasteiger partial charge in [0.2, 0.25) is 0 Å². The van der Waals surface area contributed by atoms with Gasteiger partial charge in [-0.05, 0) is 52.2 Å². The monoisotopic (exact) mass is 524 g/mol. The predicted octanol–water partition coefficient (Wildman–Crippen LogP) is 6.59. The van der Waals surface area contributed by atoms with Crippen molar-refractivity contribution in [2.24, 2.45) is 0 Å². The Kier molecular flexibility index (Phi) is 6.29. The van der Waals surface area contributed by atoms with Crippen molar-refractivity contribution < 1.29 is 30.7 Å². The van der Waals surface area contributed by atoms with Crippen LogP contribution in [0.1, 0.15) is 18.1 Å². The van der Waals surface area contributed by atoms with Crippen LogP contribution in [-0.4, -0.2) is 34.4 Å². The van der Waals surface area contributed by atoms with Crippen LogP contribution in [-0.2, 0) is 12.1 Å². The maximum Gasteiger partial charge on any atom is 0.435 e. The number of aromatic nitrogens is 3. The van der Waals surface area contributed by atoms with Gasteiger partial charge in [-0.15, -0.1) is 5.10 Å². The van der Waals surface area contributed by atoms with Crippen LogP contribution in [0.15, 0.2) is 47.1 Å². The molecule has 0 fully saturated rings. The molecule has 0 spiro atoms. The van der Waals surface area contributed by atoms with E-state index >= 15 is 0 Å². The number of halogens is 8. The van der Waals surface area contributed by atoms with Crippen molar-refractivity contribution in [1.29, 1.82) is 0 Å². The highest BCUT2D eigenvalue weighted by atomic mass is 79.9. The molecule has 32 heavy (non-hydrogen) atoms. The molecule has 4 nitrogen and oxygen atoms in total. The second kappa shape index (κ2) is 8.38. The normalized spacial score (nSPS) is 12.8. The summed E-state index contributed by atoms with van der Waals surface area (Å²) in [7, 11) is 1.73. The summed E-state index contributed by atoms with van der Waals surface area (Å²) in [6.45, 7) is 1.52. The highest BCUT2D eigenvalue weighted by Crippen LogP contribution is 2.54. The number of aryl methyl sites for hydroxylation is 1. The molecule has 2 aromatic carbocycles. The summed E-state index contributed by atoms with van der Waals surface area (Å²) in [5.74, 6) is 0. The molecular weight excluding hydrogens is 509 g/mol. The summed E-state index contributed by atoms with van der Waals surface area (Å²) in [6, 6.07) is 8.18. The van der Waals surface area contributed by atoms with E-state index in [1.54, 1.807) is 25.2 Å². The summed E-state index contributed by atoms with van der Waals surface area (Å²) >= 11 is 2.99. The Morgan fingerprint density at radius 3 is 2.22 bits per heavy atom. The molecule has 0 unspecified atom stereocenters. The van der Waals surface area contributed by atoms with Gasteiger partial charge in [0, 0.05) is 28.3 Å². The number of hydrogen-bond donors (Lipinski definition) is 1. The first-order chi connectivity index (χ1) is 14.8. The molecule has 0 radical (unpaired) electrons. The summed E-state index contributed by atoms with van der Waals surface area (Å²) in [4.78, 5) is 0. The number of benzene rings is 2. The first kappa shape index (κ1) is 24.0. The van der Waals surface area contributed by atoms with E-state index in [9.17, 15) is 30.7 Å². The van der Waals surface area contributed by atoms with Crippen LogP contribution in [0.4, 0.5) is 36.4 Å². The van der Waals surface area contributed by atoms with Crippen LogP contribution in [0.2, 0.25) is 0 Å². The van der Waals surface area contributed by atoms with Crippen molar-refractivity contribution >= 4 is 21.6 Å². The van der Waals surface area contributed by atoms with Crippen molar-refractivity contribution in [3.8, 4) is 16.9 Å². The Balaban J connectivity index is 2.14. The highest BCUT2D eigenvalue weighted by molar-refractivity contribution is 9.10. The third-order valence-corrected chi connectivity index (χ3v) is 5.48. The van der Waals surface area contributed by atoms with Crippen molar-refractivity contribution in [2.45, 2.75) is 31.4 Å². The second-order valence-corrected chi connectivity index (χ2v) is 7.71. The molecule has 3 rings (SSSR count). The molecule has 0 saturated heterocycles. The number of nitrogens with one attached hydrogen (secondary N) is 1. The first-order valence-electron chi connectivity index (χ1n) is 9.19. The van der Waals surface area contributed by atoms with Gasteiger partial charge < -0.3 is 5.32 Å². The van der Waals surface area contributed by atoms with Crippen LogP contribution in [0.25, 0.3) is 16.9 Å². The van der Waals surface area contributed by atoms with Gasteiger partial charge in [-0.2, -0.15) is 26.3 Å². The van der Waals surface area contributed by atoms with E-state index < -0.39 is 23.6 Å². The second-order valence-electron chi connectivity index (χ2n) is 6.85. The van der Waals surface area contributed by atoms with Crippen LogP contribution in [0.3, 0.4) is 0 Å². The van der Waals surface area contributed by atoms with E-state index in [2.05, 4.69) is 31.6 Å². The maximum atomic E-state index is 14.6. The van der Waals surface area contributed by atoms with Crippen LogP contribution >= 0.6 is 15.9 Å². The van der Waals surface area contributed by atoms with E-state index in [-0.39, 0.29) is 22.1 Å². The van der Waals surface area contributed by atoms with Gasteiger partial charge in [0.05, 0.1) is 11.9 Å². The third-order valence-electron chi connectivity index (χ3n) is 4.87. The number of alkyl halides is 7. The Bertz CT molecular complexity index is 1110. The standard InChI is InChI=1S/C20H16BrF7N4/c1-3-11-7-13(18(22,19(23,24)25)20(26,27)28)9-15(21)17(11)32-10-16(30-31-32)12-5-4-6-14(8-12)29-2/h4-10,29H,3H2,1-2H3. The van der Waals surface area contributed by atoms with Gasteiger partial charge in [0.1, 0.15) is 5.69 Å². The molecule has 3 aromatic rings. The number of nitrogens with zero attached hydrogens (tertiary/aromatic N) is 3. The largest absolute Gasteiger partial charge is 0.435 e. The van der Waals surface area contributed by atoms with Gasteiger partial charge in [-0.1, -0.05) is 24.3 Å². The van der Waals surface area contributed by atoms with Gasteiger partial charge >= 0.3 is 18.0 Å². The molecule has 0 aliphatic carbocycles. The van der Waals surface area contributed by atoms with Crippen molar-refractivity contribution in [3.63, 3.8) is 0 Å². The molecule has 0 aliphatic rings. The van der Waals surface area contributed by atoms with E-state index in [0.29, 0.717) is 23.4 Å². The molecule has 0 aliphatic heterocycles. The Hall–Kier alpha value is -2.63. The fraction of sp³-hybridized carbons (Fsp3) is 0.300. The lowest BCUT2D eigenvalue weighted by molar-refractivity contribution is -0.348. The summed E-state index contributed by atoms with van der Waals surface area (Å²) in [6.07, 6.45) is -10.9. The lowest BCUT2D eigenvalue weighted by Gasteiger charge is -2.31. The highest BCUT2D eigenvalue weighted by Gasteiger charge is 2.73. The molecule has 12 heteroatoms. The zero-order chi connectivity index (χ0) is 23.9. The zero-order valence-corrected chi connectivity index (χ0v) is 18.2. The molecule has 0 atom stereocenters. The third kappa shape index (κ3) is 4.07. The fourth-order valence-electron chi connectivity index (χ4n) is 3.21. The predicted molar refractivity (Wildman–Crippen MR) is 108 cm³/mol. The van der Waals surface area contributed by atoms with Gasteiger partial charge in [-0.25, -0.2) is 9.07 Å². The van der Waals surface area contributed by atoms with E-state index in [0.717, 1.165) is 5.69 Å². The summed E-state index contributed by atoms with van der Waals surface area (Å²) in [5, 5.41) is 11.0. The number of anilines is 1. The molecule has 1 N–H and O–H groups in total. The summed E-state index contributed by atoms with van der Waals surface area (Å²) in [5.41, 5.74) is -5.00. The van der Waals surface area contributed by atoms with Gasteiger partial charge in [0.15, 0.2) is 0 Å². The molecule has 0 amide bonds. The van der Waals surface area contributed by atoms with Crippen molar-refractivity contribution in [1.82, 2.24) is 15.0 Å². The Morgan fingerprint density at radius 2 is 1.66 bits per heavy atom. The lowest BCUT2D eigenvalue weighted by Crippen LogP contribution is -2.50. The average Bonchev–Trinajstić information content (AvgIpc) is 3.20. The number of rotatable bonds is 5. The van der Waals surface area contributed by atoms with E-state index in [1.807, 2.05) is 6.07 Å². The minimum Gasteiger partial charge on any atom is -0.388 e. The lowest BCUT2D eigenvalue weighted by atomic mass is 9.91. The molecule has 1 heterocycles. The molecule has 1 aromatic heterocycles. The topological polar surface area (TPSA) is 42.7 Å². The Labute approximate surface area is 186 Å². The van der Waals surface area contributed by atoms with Gasteiger partial charge in [-0.3, -0.25) is 0 Å². The minimum absolute atomic E-state index is 0.0119. The number of hydrogen-bond acceptors (Lipinski definition) is 3. The molecule has 0 bridgehead atoms. The van der Waals surface area contributed by atoms with Crippen molar-refractivity contribution in [2.75, 3.05) is 12.4 Å². The van der Waals surface area contributed by atoms with Gasteiger partial charge in [0.25, 0.3) is 0 Å². The summed E-state index contributed by atoms with van der Waals surface area (Å²) < 4.78 is 94.7. The van der Waals surface area contributed by atoms with E-state index in [1.165, 1.54) is 17.8 Å². The van der Waals surface area contributed by atoms with Crippen LogP contribution in [0, 0.1) is 0 Å². The first-order valence-corrected chi connectivity index (χ1v) is 9.99. The molecular formula is C20H16BrF7N4. The van der Waals surface area contributed by atoms with Crippen LogP contribution < -0.4 is 5.32 Å². The molecule has 172 valence electrons. The Morgan fingerprint density at radius 1 is 1.00 bits per heavy atom. The zero-order valence-electron chi connectivity index (χ0n) is 16.6. The van der Waals surface area contributed by atoms with E-state index in [4.69, 9.17) is 0 Å². The SMILES string of the molecule is CCc1cc(C(F)(C(F)(F)F)C(F)(F)F)cc(Br)c1-n1cc(-c2cccc(NC)c2)nn1. The van der Waals surface area contributed by atoms with Crippen molar-refractivity contribution in [3.05, 3.63) is 58.2 Å². The quantitative estimate of drug-likeness (QED) is 0.383. The fourth-order valence-corrected chi connectivity index (χ4v) is 3.89. The average molecular weight is 525 g/mol. The van der Waals surface area contributed by atoms with Crippen LogP contribution in [0.5, 0.6) is 0 Å². The minimum atomic E-state index is -6.20. The molecule has 0 saturated carbocycles.